The van der Waals surface area contributed by atoms with E-state index in [4.69, 9.17) is 21.1 Å². The molecule has 0 radical (unpaired) electrons. The van der Waals surface area contributed by atoms with Crippen molar-refractivity contribution < 1.29 is 23.5 Å². The average Bonchev–Trinajstić information content (AvgIpc) is 2.91. The van der Waals surface area contributed by atoms with E-state index in [1.807, 2.05) is 42.5 Å². The molecular weight excluding hydrogens is 507 g/mol. The van der Waals surface area contributed by atoms with Crippen LogP contribution in [0.3, 0.4) is 0 Å². The van der Waals surface area contributed by atoms with Crippen LogP contribution in [0.5, 0.6) is 11.5 Å². The number of carbonyl (C=O) groups excluding carboxylic acids is 2. The van der Waals surface area contributed by atoms with Gasteiger partial charge in [-0.1, -0.05) is 54.1 Å². The summed E-state index contributed by atoms with van der Waals surface area (Å²) in [5.41, 5.74) is 0.458. The molecule has 1 aliphatic rings. The Kier molecular flexibility index (Phi) is 9.24. The molecule has 1 fully saturated rings. The number of piperidine rings is 1. The van der Waals surface area contributed by atoms with E-state index >= 15 is 0 Å². The number of ether oxygens (including phenoxy) is 2. The molecule has 1 aliphatic heterocycles. The monoisotopic (exact) mass is 538 g/mol. The Morgan fingerprint density at radius 3 is 2.47 bits per heavy atom. The average molecular weight is 539 g/mol. The van der Waals surface area contributed by atoms with E-state index in [0.717, 1.165) is 18.4 Å². The lowest BCUT2D eigenvalue weighted by atomic mass is 9.77. The number of nitrogens with zero attached hydrogens (tertiary/aromatic N) is 2. The van der Waals surface area contributed by atoms with E-state index in [-0.39, 0.29) is 31.4 Å². The molecule has 1 heterocycles. The zero-order chi connectivity index (χ0) is 27.0. The summed E-state index contributed by atoms with van der Waals surface area (Å²) in [7, 11) is 1.79. The number of halogens is 2. The van der Waals surface area contributed by atoms with E-state index < -0.39 is 11.2 Å². The predicted octanol–water partition coefficient (Wildman–Crippen LogP) is 5.59. The molecule has 0 bridgehead atoms. The number of hydrogen-bond donors (Lipinski definition) is 0. The fraction of sp³-hybridized carbons (Fsp3) is 0.333. The van der Waals surface area contributed by atoms with Gasteiger partial charge in [-0.05, 0) is 48.7 Å². The number of amides is 2. The molecule has 0 spiro atoms. The zero-order valence-corrected chi connectivity index (χ0v) is 22.2. The van der Waals surface area contributed by atoms with Crippen molar-refractivity contribution in [3.05, 3.63) is 95.3 Å². The third-order valence-corrected chi connectivity index (χ3v) is 6.96. The summed E-state index contributed by atoms with van der Waals surface area (Å²) in [6.45, 7) is 1.44. The molecule has 1 atom stereocenters. The lowest BCUT2D eigenvalue weighted by molar-refractivity contribution is -0.142. The molecule has 3 aromatic rings. The SMILES string of the molecule is CN(Cc1ccccc1)C(=O)C[C@@]1(COc2cccc(Cl)c2)CCCN(C(=O)COc2cccc(F)c2)C1. The van der Waals surface area contributed by atoms with E-state index in [0.29, 0.717) is 36.2 Å². The quantitative estimate of drug-likeness (QED) is 0.337. The minimum absolute atomic E-state index is 0.0196. The number of likely N-dealkylation sites (tertiary alicyclic amines) is 1. The summed E-state index contributed by atoms with van der Waals surface area (Å²) in [5.74, 6) is 0.242. The second kappa shape index (κ2) is 12.8. The molecule has 0 aliphatic carbocycles. The van der Waals surface area contributed by atoms with Gasteiger partial charge in [0.05, 0.1) is 6.61 Å². The summed E-state index contributed by atoms with van der Waals surface area (Å²) in [6, 6.07) is 22.7. The van der Waals surface area contributed by atoms with Crippen molar-refractivity contribution in [2.45, 2.75) is 25.8 Å². The molecule has 0 N–H and O–H groups in total. The molecule has 2 amide bonds. The smallest absolute Gasteiger partial charge is 0.260 e. The van der Waals surface area contributed by atoms with Crippen molar-refractivity contribution in [3.63, 3.8) is 0 Å². The van der Waals surface area contributed by atoms with Gasteiger partial charge in [-0.15, -0.1) is 0 Å². The molecule has 3 aromatic carbocycles. The van der Waals surface area contributed by atoms with Crippen molar-refractivity contribution in [3.8, 4) is 11.5 Å². The van der Waals surface area contributed by atoms with Crippen LogP contribution in [0.25, 0.3) is 0 Å². The second-order valence-electron chi connectivity index (χ2n) is 9.82. The van der Waals surface area contributed by atoms with Crippen LogP contribution in [0.15, 0.2) is 78.9 Å². The van der Waals surface area contributed by atoms with Gasteiger partial charge in [-0.2, -0.15) is 0 Å². The fourth-order valence-corrected chi connectivity index (χ4v) is 4.90. The molecule has 0 aromatic heterocycles. The lowest BCUT2D eigenvalue weighted by Crippen LogP contribution is -2.51. The topological polar surface area (TPSA) is 59.1 Å². The summed E-state index contributed by atoms with van der Waals surface area (Å²) in [5, 5.41) is 0.560. The van der Waals surface area contributed by atoms with Gasteiger partial charge in [0, 0.05) is 49.6 Å². The van der Waals surface area contributed by atoms with Gasteiger partial charge in [0.2, 0.25) is 5.91 Å². The Hall–Kier alpha value is -3.58. The molecule has 0 unspecified atom stereocenters. The van der Waals surface area contributed by atoms with Crippen LogP contribution >= 0.6 is 11.6 Å². The Labute approximate surface area is 227 Å². The highest BCUT2D eigenvalue weighted by molar-refractivity contribution is 6.30. The second-order valence-corrected chi connectivity index (χ2v) is 10.3. The summed E-state index contributed by atoms with van der Waals surface area (Å²) < 4.78 is 25.2. The van der Waals surface area contributed by atoms with Crippen molar-refractivity contribution in [1.82, 2.24) is 9.80 Å². The van der Waals surface area contributed by atoms with E-state index in [9.17, 15) is 14.0 Å². The first-order valence-electron chi connectivity index (χ1n) is 12.6. The normalized spacial score (nSPS) is 17.1. The molecular formula is C30H32ClFN2O4. The van der Waals surface area contributed by atoms with Crippen LogP contribution < -0.4 is 9.47 Å². The maximum absolute atomic E-state index is 13.5. The van der Waals surface area contributed by atoms with Crippen LogP contribution in [-0.4, -0.2) is 55.0 Å². The van der Waals surface area contributed by atoms with Crippen LogP contribution in [0, 0.1) is 11.2 Å². The fourth-order valence-electron chi connectivity index (χ4n) is 4.72. The molecule has 4 rings (SSSR count). The first kappa shape index (κ1) is 27.5. The number of rotatable bonds is 10. The largest absolute Gasteiger partial charge is 0.493 e. The predicted molar refractivity (Wildman–Crippen MR) is 145 cm³/mol. The van der Waals surface area contributed by atoms with Crippen molar-refractivity contribution in [2.75, 3.05) is 33.4 Å². The van der Waals surface area contributed by atoms with Gasteiger partial charge < -0.3 is 19.3 Å². The molecule has 38 heavy (non-hydrogen) atoms. The molecule has 200 valence electrons. The Bertz CT molecular complexity index is 1240. The minimum atomic E-state index is -0.586. The number of hydrogen-bond acceptors (Lipinski definition) is 4. The van der Waals surface area contributed by atoms with Crippen LogP contribution in [0.1, 0.15) is 24.8 Å². The highest BCUT2D eigenvalue weighted by Crippen LogP contribution is 2.36. The highest BCUT2D eigenvalue weighted by Gasteiger charge is 2.40. The van der Waals surface area contributed by atoms with E-state index in [1.54, 1.807) is 35.0 Å². The van der Waals surface area contributed by atoms with E-state index in [1.165, 1.54) is 18.2 Å². The summed E-state index contributed by atoms with van der Waals surface area (Å²) in [6.07, 6.45) is 1.68. The molecule has 0 saturated carbocycles. The molecule has 8 heteroatoms. The summed E-state index contributed by atoms with van der Waals surface area (Å²) in [4.78, 5) is 29.9. The van der Waals surface area contributed by atoms with Gasteiger partial charge in [0.25, 0.3) is 5.91 Å². The molecule has 6 nitrogen and oxygen atoms in total. The van der Waals surface area contributed by atoms with Gasteiger partial charge in [-0.3, -0.25) is 9.59 Å². The maximum atomic E-state index is 13.5. The van der Waals surface area contributed by atoms with Gasteiger partial charge >= 0.3 is 0 Å². The highest BCUT2D eigenvalue weighted by atomic mass is 35.5. The Morgan fingerprint density at radius 1 is 1.00 bits per heavy atom. The van der Waals surface area contributed by atoms with Gasteiger partial charge in [-0.25, -0.2) is 4.39 Å². The van der Waals surface area contributed by atoms with Gasteiger partial charge in [0.1, 0.15) is 17.3 Å². The van der Waals surface area contributed by atoms with Crippen LogP contribution in [0.2, 0.25) is 5.02 Å². The Balaban J connectivity index is 1.46. The van der Waals surface area contributed by atoms with Crippen LogP contribution in [-0.2, 0) is 16.1 Å². The first-order chi connectivity index (χ1) is 18.3. The summed E-state index contributed by atoms with van der Waals surface area (Å²) >= 11 is 6.13. The minimum Gasteiger partial charge on any atom is -0.493 e. The van der Waals surface area contributed by atoms with Crippen molar-refractivity contribution >= 4 is 23.4 Å². The third-order valence-electron chi connectivity index (χ3n) is 6.73. The number of benzene rings is 3. The lowest BCUT2D eigenvalue weighted by Gasteiger charge is -2.42. The van der Waals surface area contributed by atoms with E-state index in [2.05, 4.69) is 0 Å². The molecule has 1 saturated heterocycles. The van der Waals surface area contributed by atoms with Crippen molar-refractivity contribution in [1.29, 1.82) is 0 Å². The van der Waals surface area contributed by atoms with Gasteiger partial charge in [0.15, 0.2) is 6.61 Å². The standard InChI is InChI=1S/C30H32ClFN2O4/c1-33(19-23-8-3-2-4-9-23)28(35)18-30(22-38-26-12-5-10-24(31)16-26)14-7-15-34(21-30)29(36)20-37-27-13-6-11-25(32)17-27/h2-6,8-13,16-17H,7,14-15,18-22H2,1H3/t30-/m0/s1. The maximum Gasteiger partial charge on any atom is 0.260 e. The Morgan fingerprint density at radius 2 is 1.74 bits per heavy atom. The third kappa shape index (κ3) is 7.71. The first-order valence-corrected chi connectivity index (χ1v) is 13.0. The number of carbonyl (C=O) groups is 2. The van der Waals surface area contributed by atoms with Crippen molar-refractivity contribution in [2.24, 2.45) is 5.41 Å². The zero-order valence-electron chi connectivity index (χ0n) is 21.4. The van der Waals surface area contributed by atoms with Crippen LogP contribution in [0.4, 0.5) is 4.39 Å².